The molecule has 0 aromatic heterocycles. The molecule has 27 heavy (non-hydrogen) atoms. The van der Waals surface area contributed by atoms with Crippen LogP contribution in [-0.2, 0) is 19.8 Å². The second-order valence-electron chi connectivity index (χ2n) is 6.68. The molecular formula is C20H15FN2O4. The molecule has 1 fully saturated rings. The largest absolute Gasteiger partial charge is 0.303 e. The van der Waals surface area contributed by atoms with Gasteiger partial charge in [0.05, 0.1) is 13.0 Å². The van der Waals surface area contributed by atoms with E-state index in [9.17, 15) is 23.6 Å². The average Bonchev–Trinajstić information content (AvgIpc) is 3.03. The van der Waals surface area contributed by atoms with Gasteiger partial charge in [0.1, 0.15) is 5.82 Å². The van der Waals surface area contributed by atoms with E-state index >= 15 is 0 Å². The number of ketones is 1. The van der Waals surface area contributed by atoms with Crippen molar-refractivity contribution in [2.45, 2.75) is 11.8 Å². The number of imide groups is 1. The Bertz CT molecular complexity index is 1000. The number of nitrogens with zero attached hydrogens (tertiary/aromatic N) is 2. The fourth-order valence-electron chi connectivity index (χ4n) is 3.75. The van der Waals surface area contributed by atoms with Gasteiger partial charge < -0.3 is 4.90 Å². The van der Waals surface area contributed by atoms with Crippen LogP contribution >= 0.6 is 0 Å². The van der Waals surface area contributed by atoms with Crippen LogP contribution in [0.5, 0.6) is 0 Å². The fourth-order valence-corrected chi connectivity index (χ4v) is 3.75. The summed E-state index contributed by atoms with van der Waals surface area (Å²) in [5.74, 6) is -2.82. The van der Waals surface area contributed by atoms with Crippen LogP contribution in [0.1, 0.15) is 22.3 Å². The van der Waals surface area contributed by atoms with Crippen molar-refractivity contribution in [3.05, 3.63) is 65.5 Å². The van der Waals surface area contributed by atoms with E-state index in [-0.39, 0.29) is 30.0 Å². The van der Waals surface area contributed by atoms with Crippen LogP contribution < -0.4 is 4.90 Å². The summed E-state index contributed by atoms with van der Waals surface area (Å²) in [4.78, 5) is 52.8. The van der Waals surface area contributed by atoms with Crippen molar-refractivity contribution in [1.29, 1.82) is 0 Å². The maximum absolute atomic E-state index is 13.9. The molecule has 2 heterocycles. The highest BCUT2D eigenvalue weighted by Gasteiger charge is 2.63. The van der Waals surface area contributed by atoms with Crippen LogP contribution in [0, 0.1) is 5.82 Å². The Hall–Kier alpha value is -3.35. The van der Waals surface area contributed by atoms with Gasteiger partial charge in [-0.2, -0.15) is 0 Å². The van der Waals surface area contributed by atoms with Crippen molar-refractivity contribution in [2.75, 3.05) is 18.5 Å². The molecule has 0 aliphatic carbocycles. The molecule has 2 aliphatic heterocycles. The summed E-state index contributed by atoms with van der Waals surface area (Å²) in [7, 11) is 1.30. The van der Waals surface area contributed by atoms with Gasteiger partial charge in [0, 0.05) is 23.9 Å². The molecule has 2 aromatic carbocycles. The van der Waals surface area contributed by atoms with Gasteiger partial charge in [0.15, 0.2) is 11.2 Å². The third-order valence-corrected chi connectivity index (χ3v) is 5.18. The molecule has 0 saturated carbocycles. The number of halogens is 1. The minimum atomic E-state index is -1.79. The summed E-state index contributed by atoms with van der Waals surface area (Å²) in [5.41, 5.74) is -0.959. The summed E-state index contributed by atoms with van der Waals surface area (Å²) < 4.78 is 13.9. The van der Waals surface area contributed by atoms with Gasteiger partial charge in [-0.25, -0.2) is 4.39 Å². The van der Waals surface area contributed by atoms with Crippen LogP contribution in [0.4, 0.5) is 10.1 Å². The molecule has 1 saturated heterocycles. The van der Waals surface area contributed by atoms with E-state index < -0.39 is 29.0 Å². The summed E-state index contributed by atoms with van der Waals surface area (Å²) in [6.45, 7) is -0.297. The number of amides is 3. The number of hydrogen-bond donors (Lipinski definition) is 0. The Morgan fingerprint density at radius 2 is 1.78 bits per heavy atom. The number of likely N-dealkylation sites (tertiary alicyclic amines) is 1. The van der Waals surface area contributed by atoms with Crippen molar-refractivity contribution in [3.8, 4) is 0 Å². The minimum Gasteiger partial charge on any atom is -0.303 e. The Kier molecular flexibility index (Phi) is 3.69. The van der Waals surface area contributed by atoms with E-state index in [1.165, 1.54) is 18.0 Å². The van der Waals surface area contributed by atoms with Crippen molar-refractivity contribution < 1.29 is 23.6 Å². The lowest BCUT2D eigenvalue weighted by molar-refractivity contribution is -0.140. The van der Waals surface area contributed by atoms with E-state index in [4.69, 9.17) is 0 Å². The molecule has 6 nitrogen and oxygen atoms in total. The smallest absolute Gasteiger partial charge is 0.249 e. The molecule has 0 N–H and O–H groups in total. The van der Waals surface area contributed by atoms with Gasteiger partial charge in [-0.15, -0.1) is 0 Å². The van der Waals surface area contributed by atoms with Gasteiger partial charge in [0.2, 0.25) is 17.7 Å². The van der Waals surface area contributed by atoms with Gasteiger partial charge in [0.25, 0.3) is 0 Å². The van der Waals surface area contributed by atoms with E-state index in [1.54, 1.807) is 30.3 Å². The van der Waals surface area contributed by atoms with Gasteiger partial charge in [-0.05, 0) is 18.2 Å². The number of anilines is 1. The van der Waals surface area contributed by atoms with Crippen LogP contribution in [0.2, 0.25) is 0 Å². The van der Waals surface area contributed by atoms with Crippen molar-refractivity contribution in [1.82, 2.24) is 4.90 Å². The fraction of sp³-hybridized carbons (Fsp3) is 0.200. The molecule has 3 amide bonds. The summed E-state index contributed by atoms with van der Waals surface area (Å²) in [6, 6.07) is 12.1. The second-order valence-corrected chi connectivity index (χ2v) is 6.68. The lowest BCUT2D eigenvalue weighted by Crippen LogP contribution is -2.47. The monoisotopic (exact) mass is 366 g/mol. The first kappa shape index (κ1) is 17.1. The molecular weight excluding hydrogens is 351 g/mol. The van der Waals surface area contributed by atoms with E-state index in [2.05, 4.69) is 0 Å². The maximum Gasteiger partial charge on any atom is 0.249 e. The SMILES string of the molecule is CN1C(=O)CC2(C1=O)C(=O)N(CC(=O)c1ccccc1)c1ccc(F)cc12. The highest BCUT2D eigenvalue weighted by Crippen LogP contribution is 2.48. The molecule has 1 unspecified atom stereocenters. The molecule has 1 atom stereocenters. The Morgan fingerprint density at radius 1 is 1.07 bits per heavy atom. The number of Topliss-reactive ketones (excluding diaryl/α,β-unsaturated/α-hetero) is 1. The molecule has 1 spiro atoms. The molecule has 0 radical (unpaired) electrons. The van der Waals surface area contributed by atoms with E-state index in [1.807, 2.05) is 0 Å². The van der Waals surface area contributed by atoms with Crippen molar-refractivity contribution in [3.63, 3.8) is 0 Å². The summed E-state index contributed by atoms with van der Waals surface area (Å²) in [5, 5.41) is 0. The van der Waals surface area contributed by atoms with Crippen LogP contribution in [0.25, 0.3) is 0 Å². The highest BCUT2D eigenvalue weighted by atomic mass is 19.1. The lowest BCUT2D eigenvalue weighted by Gasteiger charge is -2.21. The zero-order valence-electron chi connectivity index (χ0n) is 14.4. The second kappa shape index (κ2) is 5.84. The van der Waals surface area contributed by atoms with Crippen molar-refractivity contribution in [2.24, 2.45) is 0 Å². The number of likely N-dealkylation sites (N-methyl/N-ethyl adjacent to an activating group) is 1. The Labute approximate surface area is 154 Å². The van der Waals surface area contributed by atoms with E-state index in [0.717, 1.165) is 17.0 Å². The van der Waals surface area contributed by atoms with Crippen LogP contribution in [0.15, 0.2) is 48.5 Å². The molecule has 0 bridgehead atoms. The Balaban J connectivity index is 1.80. The van der Waals surface area contributed by atoms with Gasteiger partial charge in [-0.1, -0.05) is 30.3 Å². The number of rotatable bonds is 3. The molecule has 136 valence electrons. The number of hydrogen-bond acceptors (Lipinski definition) is 4. The van der Waals surface area contributed by atoms with Gasteiger partial charge >= 0.3 is 0 Å². The lowest BCUT2D eigenvalue weighted by atomic mass is 9.80. The van der Waals surface area contributed by atoms with Crippen LogP contribution in [-0.4, -0.2) is 42.0 Å². The number of fused-ring (bicyclic) bond motifs is 2. The predicted molar refractivity (Wildman–Crippen MR) is 93.6 cm³/mol. The topological polar surface area (TPSA) is 74.8 Å². The predicted octanol–water partition coefficient (Wildman–Crippen LogP) is 1.68. The number of carbonyl (C=O) groups is 4. The van der Waals surface area contributed by atoms with E-state index in [0.29, 0.717) is 5.56 Å². The minimum absolute atomic E-state index is 0.135. The molecule has 7 heteroatoms. The average molecular weight is 366 g/mol. The maximum atomic E-state index is 13.9. The van der Waals surface area contributed by atoms with Crippen LogP contribution in [0.3, 0.4) is 0 Å². The number of carbonyl (C=O) groups excluding carboxylic acids is 4. The third-order valence-electron chi connectivity index (χ3n) is 5.18. The molecule has 4 rings (SSSR count). The first-order chi connectivity index (χ1) is 12.9. The standard InChI is InChI=1S/C20H15FN2O4/c1-22-17(25)10-20(18(22)26)14-9-13(21)7-8-15(14)23(19(20)27)11-16(24)12-5-3-2-4-6-12/h2-9H,10-11H2,1H3. The first-order valence-corrected chi connectivity index (χ1v) is 8.37. The normalized spacial score (nSPS) is 21.3. The summed E-state index contributed by atoms with van der Waals surface area (Å²) >= 11 is 0. The highest BCUT2D eigenvalue weighted by molar-refractivity contribution is 6.29. The first-order valence-electron chi connectivity index (χ1n) is 8.37. The molecule has 2 aromatic rings. The zero-order chi connectivity index (χ0) is 19.3. The number of benzene rings is 2. The molecule has 2 aliphatic rings. The van der Waals surface area contributed by atoms with Gasteiger partial charge in [-0.3, -0.25) is 24.1 Å². The van der Waals surface area contributed by atoms with Crippen molar-refractivity contribution >= 4 is 29.2 Å². The summed E-state index contributed by atoms with van der Waals surface area (Å²) in [6.07, 6.45) is -0.367. The quantitative estimate of drug-likeness (QED) is 0.471. The zero-order valence-corrected chi connectivity index (χ0v) is 14.4. The third kappa shape index (κ3) is 2.31. The Morgan fingerprint density at radius 3 is 2.41 bits per heavy atom.